The first-order valence-electron chi connectivity index (χ1n) is 7.91. The average Bonchev–Trinajstić information content (AvgIpc) is 2.99. The number of halogens is 2. The van der Waals surface area contributed by atoms with Crippen LogP contribution in [0.25, 0.3) is 5.65 Å². The minimum absolute atomic E-state index is 0.244. The van der Waals surface area contributed by atoms with Crippen LogP contribution in [0.3, 0.4) is 0 Å². The Labute approximate surface area is 141 Å². The fraction of sp³-hybridized carbons (Fsp3) is 0.222. The molecule has 2 aromatic heterocycles. The van der Waals surface area contributed by atoms with Crippen LogP contribution in [-0.4, -0.2) is 27.1 Å². The number of fused-ring (bicyclic) bond motifs is 1. The fourth-order valence-electron chi connectivity index (χ4n) is 3.29. The lowest BCUT2D eigenvalue weighted by molar-refractivity contribution is 0.194. The van der Waals surface area contributed by atoms with Gasteiger partial charge in [0.1, 0.15) is 11.5 Å². The van der Waals surface area contributed by atoms with E-state index in [9.17, 15) is 18.7 Å². The molecule has 1 fully saturated rings. The van der Waals surface area contributed by atoms with Crippen molar-refractivity contribution < 1.29 is 13.9 Å². The Kier molecular flexibility index (Phi) is 3.73. The lowest BCUT2D eigenvalue weighted by Crippen LogP contribution is -2.27. The molecule has 1 N–H and O–H groups in total. The molecule has 0 amide bonds. The zero-order valence-corrected chi connectivity index (χ0v) is 13.1. The van der Waals surface area contributed by atoms with Gasteiger partial charge in [0.25, 0.3) is 5.56 Å². The van der Waals surface area contributed by atoms with Crippen molar-refractivity contribution in [2.75, 3.05) is 11.4 Å². The number of pyridine rings is 1. The number of rotatable bonds is 2. The summed E-state index contributed by atoms with van der Waals surface area (Å²) in [5.41, 5.74) is 0.770. The van der Waals surface area contributed by atoms with Gasteiger partial charge in [-0.05, 0) is 36.2 Å². The van der Waals surface area contributed by atoms with E-state index in [0.717, 1.165) is 12.1 Å². The van der Waals surface area contributed by atoms with E-state index in [4.69, 9.17) is 0 Å². The van der Waals surface area contributed by atoms with Gasteiger partial charge in [-0.1, -0.05) is 12.1 Å². The van der Waals surface area contributed by atoms with Crippen LogP contribution in [0.4, 0.5) is 14.6 Å². The van der Waals surface area contributed by atoms with Gasteiger partial charge in [0.05, 0.1) is 12.1 Å². The van der Waals surface area contributed by atoms with Gasteiger partial charge in [-0.2, -0.15) is 0 Å². The second kappa shape index (κ2) is 5.93. The van der Waals surface area contributed by atoms with E-state index < -0.39 is 17.7 Å². The van der Waals surface area contributed by atoms with Crippen molar-refractivity contribution in [2.24, 2.45) is 0 Å². The normalized spacial score (nSPS) is 20.4. The molecule has 5 nitrogen and oxygen atoms in total. The van der Waals surface area contributed by atoms with E-state index >= 15 is 0 Å². The van der Waals surface area contributed by atoms with Crippen LogP contribution in [-0.2, 0) is 0 Å². The lowest BCUT2D eigenvalue weighted by atomic mass is 10.0. The van der Waals surface area contributed by atoms with Gasteiger partial charge >= 0.3 is 0 Å². The van der Waals surface area contributed by atoms with Crippen molar-refractivity contribution in [3.05, 3.63) is 76.2 Å². The van der Waals surface area contributed by atoms with Crippen LogP contribution in [0.1, 0.15) is 18.0 Å². The van der Waals surface area contributed by atoms with Crippen LogP contribution >= 0.6 is 0 Å². The predicted octanol–water partition coefficient (Wildman–Crippen LogP) is 2.29. The zero-order chi connectivity index (χ0) is 17.6. The van der Waals surface area contributed by atoms with E-state index in [1.54, 1.807) is 29.3 Å². The Morgan fingerprint density at radius 3 is 2.76 bits per heavy atom. The molecule has 3 heterocycles. The molecule has 0 radical (unpaired) electrons. The molecular formula is C18H15F2N3O2. The summed E-state index contributed by atoms with van der Waals surface area (Å²) in [5, 5.41) is 10.1. The molecule has 25 heavy (non-hydrogen) atoms. The summed E-state index contributed by atoms with van der Waals surface area (Å²) in [4.78, 5) is 18.5. The number of benzene rings is 1. The largest absolute Gasteiger partial charge is 0.391 e. The average molecular weight is 343 g/mol. The molecular weight excluding hydrogens is 328 g/mol. The number of hydrogen-bond donors (Lipinski definition) is 1. The first-order valence-corrected chi connectivity index (χ1v) is 7.91. The second-order valence-electron chi connectivity index (χ2n) is 6.11. The van der Waals surface area contributed by atoms with Gasteiger partial charge in [0, 0.05) is 18.8 Å². The van der Waals surface area contributed by atoms with E-state index in [1.165, 1.54) is 16.5 Å². The van der Waals surface area contributed by atoms with Crippen LogP contribution in [0, 0.1) is 11.6 Å². The molecule has 4 rings (SSSR count). The van der Waals surface area contributed by atoms with E-state index in [-0.39, 0.29) is 18.1 Å². The Bertz CT molecular complexity index is 1010. The number of aromatic nitrogens is 2. The van der Waals surface area contributed by atoms with E-state index in [2.05, 4.69) is 4.98 Å². The highest BCUT2D eigenvalue weighted by Crippen LogP contribution is 2.35. The molecule has 1 aromatic carbocycles. The maximum Gasteiger partial charge on any atom is 0.259 e. The molecule has 0 aliphatic carbocycles. The summed E-state index contributed by atoms with van der Waals surface area (Å²) in [6, 6.07) is 9.90. The first kappa shape index (κ1) is 15.7. The highest BCUT2D eigenvalue weighted by Gasteiger charge is 2.33. The van der Waals surface area contributed by atoms with Crippen molar-refractivity contribution in [3.63, 3.8) is 0 Å². The van der Waals surface area contributed by atoms with Crippen molar-refractivity contribution in [1.29, 1.82) is 0 Å². The molecule has 0 spiro atoms. The highest BCUT2D eigenvalue weighted by atomic mass is 19.2. The van der Waals surface area contributed by atoms with Gasteiger partial charge in [-0.15, -0.1) is 0 Å². The summed E-state index contributed by atoms with van der Waals surface area (Å²) in [7, 11) is 0. The molecule has 0 bridgehead atoms. The zero-order valence-electron chi connectivity index (χ0n) is 13.1. The molecule has 3 aromatic rings. The van der Waals surface area contributed by atoms with Crippen molar-refractivity contribution in [1.82, 2.24) is 9.38 Å². The summed E-state index contributed by atoms with van der Waals surface area (Å²) in [5.74, 6) is -1.45. The third kappa shape index (κ3) is 2.76. The fourth-order valence-corrected chi connectivity index (χ4v) is 3.29. The number of anilines is 1. The number of β-amino-alcohol motifs (C(OH)–C–C–N with tert-alkyl or cyclic N) is 1. The summed E-state index contributed by atoms with van der Waals surface area (Å²) < 4.78 is 28.2. The van der Waals surface area contributed by atoms with Crippen LogP contribution in [0.15, 0.2) is 53.5 Å². The van der Waals surface area contributed by atoms with Gasteiger partial charge in [0.2, 0.25) is 0 Å². The summed E-state index contributed by atoms with van der Waals surface area (Å²) >= 11 is 0. The maximum absolute atomic E-state index is 13.6. The third-order valence-electron chi connectivity index (χ3n) is 4.46. The molecule has 1 saturated heterocycles. The van der Waals surface area contributed by atoms with Crippen molar-refractivity contribution in [2.45, 2.75) is 18.6 Å². The van der Waals surface area contributed by atoms with Gasteiger partial charge < -0.3 is 10.0 Å². The van der Waals surface area contributed by atoms with Crippen LogP contribution in [0.2, 0.25) is 0 Å². The lowest BCUT2D eigenvalue weighted by Gasteiger charge is -2.26. The molecule has 7 heteroatoms. The van der Waals surface area contributed by atoms with Crippen molar-refractivity contribution in [3.8, 4) is 0 Å². The molecule has 1 aliphatic heterocycles. The van der Waals surface area contributed by atoms with E-state index in [0.29, 0.717) is 23.4 Å². The SMILES string of the molecule is O=c1cc(N2CC(O)CC2c2ccc(F)c(F)c2)nc2ccccn12. The van der Waals surface area contributed by atoms with Crippen LogP contribution in [0.5, 0.6) is 0 Å². The number of aliphatic hydroxyl groups is 1. The van der Waals surface area contributed by atoms with Gasteiger partial charge in [-0.25, -0.2) is 13.8 Å². The first-order chi connectivity index (χ1) is 12.0. The maximum atomic E-state index is 13.6. The Balaban J connectivity index is 1.79. The van der Waals surface area contributed by atoms with Crippen molar-refractivity contribution >= 4 is 11.5 Å². The van der Waals surface area contributed by atoms with Gasteiger partial charge in [0.15, 0.2) is 11.6 Å². The highest BCUT2D eigenvalue weighted by molar-refractivity contribution is 5.51. The monoisotopic (exact) mass is 343 g/mol. The second-order valence-corrected chi connectivity index (χ2v) is 6.11. The standard InChI is InChI=1S/C18H15F2N3O2/c19-13-5-4-11(7-14(13)20)15-8-12(24)10-23(15)17-9-18(25)22-6-2-1-3-16(22)21-17/h1-7,9,12,15,24H,8,10H2. The summed E-state index contributed by atoms with van der Waals surface area (Å²) in [6.07, 6.45) is 1.33. The molecule has 2 atom stereocenters. The Hall–Kier alpha value is -2.80. The minimum Gasteiger partial charge on any atom is -0.391 e. The van der Waals surface area contributed by atoms with Crippen LogP contribution < -0.4 is 10.5 Å². The number of aliphatic hydroxyl groups excluding tert-OH is 1. The summed E-state index contributed by atoms with van der Waals surface area (Å²) in [6.45, 7) is 0.263. The molecule has 128 valence electrons. The molecule has 0 saturated carbocycles. The topological polar surface area (TPSA) is 57.8 Å². The van der Waals surface area contributed by atoms with Gasteiger partial charge in [-0.3, -0.25) is 9.20 Å². The number of hydrogen-bond acceptors (Lipinski definition) is 4. The quantitative estimate of drug-likeness (QED) is 0.776. The number of nitrogens with zero attached hydrogens (tertiary/aromatic N) is 3. The molecule has 1 aliphatic rings. The Morgan fingerprint density at radius 2 is 1.96 bits per heavy atom. The smallest absolute Gasteiger partial charge is 0.259 e. The van der Waals surface area contributed by atoms with E-state index in [1.807, 2.05) is 0 Å². The third-order valence-corrected chi connectivity index (χ3v) is 4.46. The molecule has 2 unspecified atom stereocenters. The Morgan fingerprint density at radius 1 is 1.12 bits per heavy atom. The minimum atomic E-state index is -0.939. The predicted molar refractivity (Wildman–Crippen MR) is 88.5 cm³/mol.